The lowest BCUT2D eigenvalue weighted by atomic mass is 10.1. The molecule has 0 atom stereocenters. The van der Waals surface area contributed by atoms with E-state index in [-0.39, 0.29) is 11.5 Å². The number of Topliss-reactive ketones (excluding diaryl/α,β-unsaturated/α-hetero) is 1. The Kier molecular flexibility index (Phi) is 6.48. The minimum absolute atomic E-state index is 0.0592. The largest absolute Gasteiger partial charge is 0.494 e. The lowest BCUT2D eigenvalue weighted by Gasteiger charge is -2.12. The molecule has 0 radical (unpaired) electrons. The smallest absolute Gasteiger partial charge is 0.196 e. The fourth-order valence-corrected chi connectivity index (χ4v) is 4.11. The summed E-state index contributed by atoms with van der Waals surface area (Å²) < 4.78 is 7.57. The zero-order chi connectivity index (χ0) is 21.6. The van der Waals surface area contributed by atoms with Crippen molar-refractivity contribution in [3.8, 4) is 22.8 Å². The minimum atomic E-state index is 0.0592. The third-order valence-electron chi connectivity index (χ3n) is 4.74. The molecule has 4 aromatic rings. The second kappa shape index (κ2) is 9.62. The summed E-state index contributed by atoms with van der Waals surface area (Å²) in [6.07, 6.45) is 0. The highest BCUT2D eigenvalue weighted by molar-refractivity contribution is 7.99. The fraction of sp³-hybridized carbons (Fsp3) is 0.160. The molecule has 0 fully saturated rings. The topological polar surface area (TPSA) is 57.0 Å². The van der Waals surface area contributed by atoms with E-state index in [1.807, 2.05) is 78.2 Å². The number of hydrogen-bond donors (Lipinski definition) is 0. The third-order valence-corrected chi connectivity index (χ3v) is 5.67. The Hall–Kier alpha value is -3.38. The highest BCUT2D eigenvalue weighted by atomic mass is 32.2. The predicted molar refractivity (Wildman–Crippen MR) is 124 cm³/mol. The van der Waals surface area contributed by atoms with E-state index in [4.69, 9.17) is 4.74 Å². The number of benzene rings is 3. The van der Waals surface area contributed by atoms with Crippen LogP contribution >= 0.6 is 11.8 Å². The van der Waals surface area contributed by atoms with E-state index in [0.717, 1.165) is 28.4 Å². The predicted octanol–water partition coefficient (Wildman–Crippen LogP) is 5.62. The van der Waals surface area contributed by atoms with Crippen molar-refractivity contribution in [3.63, 3.8) is 0 Å². The van der Waals surface area contributed by atoms with Crippen LogP contribution in [0.3, 0.4) is 0 Å². The van der Waals surface area contributed by atoms with Gasteiger partial charge in [0.15, 0.2) is 16.8 Å². The molecule has 1 heterocycles. The van der Waals surface area contributed by atoms with Gasteiger partial charge in [-0.25, -0.2) is 0 Å². The number of carbonyl (C=O) groups is 1. The summed E-state index contributed by atoms with van der Waals surface area (Å²) in [4.78, 5) is 12.6. The molecule has 5 nitrogen and oxygen atoms in total. The number of nitrogens with zero attached hydrogens (tertiary/aromatic N) is 3. The molecule has 0 aliphatic rings. The fourth-order valence-electron chi connectivity index (χ4n) is 3.26. The molecule has 0 amide bonds. The molecular weight excluding hydrogens is 406 g/mol. The zero-order valence-corrected chi connectivity index (χ0v) is 18.3. The molecule has 0 aliphatic heterocycles. The molecule has 4 rings (SSSR count). The third kappa shape index (κ3) is 4.86. The first-order chi connectivity index (χ1) is 15.2. The Morgan fingerprint density at radius 1 is 0.968 bits per heavy atom. The highest BCUT2D eigenvalue weighted by Crippen LogP contribution is 2.29. The molecule has 3 aromatic carbocycles. The monoisotopic (exact) mass is 429 g/mol. The van der Waals surface area contributed by atoms with E-state index in [0.29, 0.717) is 17.3 Å². The van der Waals surface area contributed by atoms with Gasteiger partial charge in [-0.1, -0.05) is 65.9 Å². The summed E-state index contributed by atoms with van der Waals surface area (Å²) in [6.45, 7) is 4.63. The minimum Gasteiger partial charge on any atom is -0.494 e. The lowest BCUT2D eigenvalue weighted by Crippen LogP contribution is -2.05. The second-order valence-corrected chi connectivity index (χ2v) is 7.96. The maximum absolute atomic E-state index is 12.6. The van der Waals surface area contributed by atoms with Crippen molar-refractivity contribution in [2.75, 3.05) is 12.4 Å². The van der Waals surface area contributed by atoms with Gasteiger partial charge < -0.3 is 4.74 Å². The van der Waals surface area contributed by atoms with E-state index in [1.165, 1.54) is 11.8 Å². The summed E-state index contributed by atoms with van der Waals surface area (Å²) in [6, 6.07) is 25.3. The number of aryl methyl sites for hydroxylation is 1. The van der Waals surface area contributed by atoms with Gasteiger partial charge in [0, 0.05) is 16.8 Å². The van der Waals surface area contributed by atoms with E-state index < -0.39 is 0 Å². The standard InChI is InChI=1S/C25H23N3O2S/c1-3-30-22-14-12-21(13-15-22)28-24(20-11-7-8-18(2)16-20)26-27-25(28)31-17-23(29)19-9-5-4-6-10-19/h4-16H,3,17H2,1-2H3. The number of carbonyl (C=O) groups excluding carboxylic acids is 1. The van der Waals surface area contributed by atoms with Crippen LogP contribution in [0.5, 0.6) is 5.75 Å². The van der Waals surface area contributed by atoms with Crippen LogP contribution in [0.2, 0.25) is 0 Å². The SMILES string of the molecule is CCOc1ccc(-n2c(SCC(=O)c3ccccc3)nnc2-c2cccc(C)c2)cc1. The molecule has 0 spiro atoms. The molecule has 0 N–H and O–H groups in total. The van der Waals surface area contributed by atoms with Crippen LogP contribution in [0.25, 0.3) is 17.1 Å². The van der Waals surface area contributed by atoms with Crippen LogP contribution in [0.1, 0.15) is 22.8 Å². The van der Waals surface area contributed by atoms with Crippen molar-refractivity contribution < 1.29 is 9.53 Å². The van der Waals surface area contributed by atoms with Crippen LogP contribution < -0.4 is 4.74 Å². The first-order valence-corrected chi connectivity index (χ1v) is 11.1. The van der Waals surface area contributed by atoms with Gasteiger partial charge in [0.1, 0.15) is 5.75 Å². The van der Waals surface area contributed by atoms with E-state index in [9.17, 15) is 4.79 Å². The summed E-state index contributed by atoms with van der Waals surface area (Å²) in [7, 11) is 0. The Morgan fingerprint density at radius 3 is 2.45 bits per heavy atom. The van der Waals surface area contributed by atoms with E-state index in [1.54, 1.807) is 0 Å². The van der Waals surface area contributed by atoms with Gasteiger partial charge in [0.2, 0.25) is 0 Å². The molecule has 31 heavy (non-hydrogen) atoms. The lowest BCUT2D eigenvalue weighted by molar-refractivity contribution is 0.102. The van der Waals surface area contributed by atoms with Crippen LogP contribution in [-0.4, -0.2) is 32.9 Å². The molecule has 1 aromatic heterocycles. The van der Waals surface area contributed by atoms with Gasteiger partial charge in [-0.05, 0) is 44.2 Å². The van der Waals surface area contributed by atoms with Gasteiger partial charge in [0.25, 0.3) is 0 Å². The number of aromatic nitrogens is 3. The molecule has 6 heteroatoms. The van der Waals surface area contributed by atoms with Crippen LogP contribution in [-0.2, 0) is 0 Å². The average Bonchev–Trinajstić information content (AvgIpc) is 3.23. The quantitative estimate of drug-likeness (QED) is 0.269. The zero-order valence-electron chi connectivity index (χ0n) is 17.5. The van der Waals surface area contributed by atoms with Crippen molar-refractivity contribution in [1.82, 2.24) is 14.8 Å². The molecule has 0 saturated carbocycles. The Bertz CT molecular complexity index is 1170. The van der Waals surface area contributed by atoms with Crippen molar-refractivity contribution >= 4 is 17.5 Å². The van der Waals surface area contributed by atoms with Gasteiger partial charge in [0.05, 0.1) is 12.4 Å². The summed E-state index contributed by atoms with van der Waals surface area (Å²) in [5.41, 5.74) is 3.73. The number of ether oxygens (including phenoxy) is 1. The number of ketones is 1. The summed E-state index contributed by atoms with van der Waals surface area (Å²) >= 11 is 1.39. The molecule has 0 bridgehead atoms. The number of thioether (sulfide) groups is 1. The highest BCUT2D eigenvalue weighted by Gasteiger charge is 2.18. The van der Waals surface area contributed by atoms with Crippen LogP contribution in [0, 0.1) is 6.92 Å². The van der Waals surface area contributed by atoms with Gasteiger partial charge in [-0.15, -0.1) is 10.2 Å². The van der Waals surface area contributed by atoms with Crippen LogP contribution in [0.4, 0.5) is 0 Å². The summed E-state index contributed by atoms with van der Waals surface area (Å²) in [5.74, 6) is 1.89. The van der Waals surface area contributed by atoms with Gasteiger partial charge >= 0.3 is 0 Å². The Labute approximate surface area is 186 Å². The maximum Gasteiger partial charge on any atom is 0.196 e. The summed E-state index contributed by atoms with van der Waals surface area (Å²) in [5, 5.41) is 9.55. The van der Waals surface area contributed by atoms with Crippen molar-refractivity contribution in [2.45, 2.75) is 19.0 Å². The normalized spacial score (nSPS) is 10.8. The molecule has 0 saturated heterocycles. The van der Waals surface area contributed by atoms with Crippen molar-refractivity contribution in [3.05, 3.63) is 90.0 Å². The van der Waals surface area contributed by atoms with Crippen molar-refractivity contribution in [2.24, 2.45) is 0 Å². The molecule has 0 unspecified atom stereocenters. The molecule has 156 valence electrons. The van der Waals surface area contributed by atoms with E-state index >= 15 is 0 Å². The number of rotatable bonds is 8. The second-order valence-electron chi connectivity index (χ2n) is 7.02. The Balaban J connectivity index is 1.69. The molecular formula is C25H23N3O2S. The first-order valence-electron chi connectivity index (χ1n) is 10.1. The first kappa shape index (κ1) is 20.9. The van der Waals surface area contributed by atoms with Gasteiger partial charge in [-0.3, -0.25) is 9.36 Å². The van der Waals surface area contributed by atoms with E-state index in [2.05, 4.69) is 29.3 Å². The maximum atomic E-state index is 12.6. The van der Waals surface area contributed by atoms with Crippen molar-refractivity contribution in [1.29, 1.82) is 0 Å². The number of hydrogen-bond acceptors (Lipinski definition) is 5. The van der Waals surface area contributed by atoms with Gasteiger partial charge in [-0.2, -0.15) is 0 Å². The molecule has 0 aliphatic carbocycles. The van der Waals surface area contributed by atoms with Crippen LogP contribution in [0.15, 0.2) is 84.0 Å². The average molecular weight is 430 g/mol. The Morgan fingerprint density at radius 2 is 1.74 bits per heavy atom.